The highest BCUT2D eigenvalue weighted by Crippen LogP contribution is 2.45. The standard InChI is InChI=1S/C23H32O3/c1-14(2)17-10-8-15(3)12-20(17)21-13-16(9-11-19(21)23(25)26)18-6-4-5-7-22(18)24/h9,11,13-15,17-18,20H,4-8,10,12H2,1-3H3,(H,25,26)/t15-,17+,18?,20-/m0/s1. The smallest absolute Gasteiger partial charge is 0.335 e. The number of carbonyl (C=O) groups is 2. The first-order chi connectivity index (χ1) is 12.4. The normalized spacial score (nSPS) is 29.8. The van der Waals surface area contributed by atoms with E-state index < -0.39 is 5.97 Å². The zero-order chi connectivity index (χ0) is 18.8. The number of aromatic carboxylic acids is 1. The van der Waals surface area contributed by atoms with Crippen molar-refractivity contribution in [2.24, 2.45) is 17.8 Å². The second kappa shape index (κ2) is 7.94. The first-order valence-electron chi connectivity index (χ1n) is 10.3. The summed E-state index contributed by atoms with van der Waals surface area (Å²) >= 11 is 0. The van der Waals surface area contributed by atoms with Gasteiger partial charge in [0.05, 0.1) is 5.56 Å². The van der Waals surface area contributed by atoms with E-state index in [0.717, 1.165) is 43.2 Å². The van der Waals surface area contributed by atoms with E-state index in [9.17, 15) is 14.7 Å². The maximum absolute atomic E-state index is 12.4. The minimum atomic E-state index is -0.845. The predicted molar refractivity (Wildman–Crippen MR) is 104 cm³/mol. The number of hydrogen-bond acceptors (Lipinski definition) is 2. The van der Waals surface area contributed by atoms with Gasteiger partial charge in [-0.05, 0) is 66.5 Å². The monoisotopic (exact) mass is 356 g/mol. The van der Waals surface area contributed by atoms with Crippen LogP contribution in [0.25, 0.3) is 0 Å². The van der Waals surface area contributed by atoms with Gasteiger partial charge in [-0.1, -0.05) is 45.7 Å². The van der Waals surface area contributed by atoms with Crippen molar-refractivity contribution in [2.75, 3.05) is 0 Å². The molecule has 0 radical (unpaired) electrons. The second-order valence-corrected chi connectivity index (χ2v) is 8.85. The Bertz CT molecular complexity index is 676. The van der Waals surface area contributed by atoms with Gasteiger partial charge in [0.15, 0.2) is 0 Å². The maximum atomic E-state index is 12.4. The van der Waals surface area contributed by atoms with Crippen molar-refractivity contribution in [3.05, 3.63) is 34.9 Å². The Kier molecular flexibility index (Phi) is 5.84. The molecular formula is C23H32O3. The molecule has 0 aliphatic heterocycles. The molecule has 3 nitrogen and oxygen atoms in total. The largest absolute Gasteiger partial charge is 0.478 e. The molecule has 2 aliphatic carbocycles. The molecular weight excluding hydrogens is 324 g/mol. The van der Waals surface area contributed by atoms with Gasteiger partial charge in [0.25, 0.3) is 0 Å². The van der Waals surface area contributed by atoms with Gasteiger partial charge < -0.3 is 5.11 Å². The molecule has 0 saturated heterocycles. The Morgan fingerprint density at radius 1 is 1.15 bits per heavy atom. The predicted octanol–water partition coefficient (Wildman–Crippen LogP) is 5.79. The molecule has 0 bridgehead atoms. The lowest BCUT2D eigenvalue weighted by molar-refractivity contribution is -0.121. The van der Waals surface area contributed by atoms with Gasteiger partial charge in [0, 0.05) is 12.3 Å². The van der Waals surface area contributed by atoms with Gasteiger partial charge in [0.2, 0.25) is 0 Å². The summed E-state index contributed by atoms with van der Waals surface area (Å²) in [5, 5.41) is 9.77. The third kappa shape index (κ3) is 3.87. The summed E-state index contributed by atoms with van der Waals surface area (Å²) in [5.74, 6) is 1.39. The van der Waals surface area contributed by atoms with Crippen molar-refractivity contribution in [1.82, 2.24) is 0 Å². The van der Waals surface area contributed by atoms with Gasteiger partial charge in [-0.15, -0.1) is 0 Å². The number of rotatable bonds is 4. The Morgan fingerprint density at radius 3 is 2.58 bits per heavy atom. The van der Waals surface area contributed by atoms with Gasteiger partial charge in [0.1, 0.15) is 5.78 Å². The fourth-order valence-corrected chi connectivity index (χ4v) is 5.19. The van der Waals surface area contributed by atoms with E-state index in [1.165, 1.54) is 6.42 Å². The third-order valence-electron chi connectivity index (χ3n) is 6.68. The number of Topliss-reactive ketones (excluding diaryl/α,β-unsaturated/α-hetero) is 1. The van der Waals surface area contributed by atoms with E-state index >= 15 is 0 Å². The van der Waals surface area contributed by atoms with Crippen molar-refractivity contribution < 1.29 is 14.7 Å². The topological polar surface area (TPSA) is 54.4 Å². The molecule has 26 heavy (non-hydrogen) atoms. The zero-order valence-corrected chi connectivity index (χ0v) is 16.3. The first kappa shape index (κ1) is 19.1. The molecule has 3 heteroatoms. The first-order valence-corrected chi connectivity index (χ1v) is 10.3. The summed E-state index contributed by atoms with van der Waals surface area (Å²) < 4.78 is 0. The maximum Gasteiger partial charge on any atom is 0.335 e. The van der Waals surface area contributed by atoms with Crippen LogP contribution in [-0.2, 0) is 4.79 Å². The van der Waals surface area contributed by atoms with Gasteiger partial charge in [-0.2, -0.15) is 0 Å². The molecule has 0 heterocycles. The van der Waals surface area contributed by atoms with Crippen molar-refractivity contribution in [2.45, 2.75) is 77.6 Å². The second-order valence-electron chi connectivity index (χ2n) is 8.85. The van der Waals surface area contributed by atoms with Crippen LogP contribution in [0.3, 0.4) is 0 Å². The molecule has 0 aromatic heterocycles. The number of ketones is 1. The van der Waals surface area contributed by atoms with Gasteiger partial charge in [-0.3, -0.25) is 4.79 Å². The minimum absolute atomic E-state index is 0.0381. The number of hydrogen-bond donors (Lipinski definition) is 1. The lowest BCUT2D eigenvalue weighted by Crippen LogP contribution is -2.28. The van der Waals surface area contributed by atoms with Crippen LogP contribution >= 0.6 is 0 Å². The van der Waals surface area contributed by atoms with Gasteiger partial charge >= 0.3 is 5.97 Å². The molecule has 0 amide bonds. The highest BCUT2D eigenvalue weighted by molar-refractivity contribution is 5.91. The fraction of sp³-hybridized carbons (Fsp3) is 0.652. The number of carbonyl (C=O) groups excluding carboxylic acids is 1. The molecule has 4 atom stereocenters. The summed E-state index contributed by atoms with van der Waals surface area (Å²) in [6.07, 6.45) is 7.07. The summed E-state index contributed by atoms with van der Waals surface area (Å²) in [5.41, 5.74) is 2.44. The molecule has 2 saturated carbocycles. The van der Waals surface area contributed by atoms with Crippen LogP contribution in [0, 0.1) is 17.8 Å². The van der Waals surface area contributed by atoms with E-state index in [1.54, 1.807) is 6.07 Å². The zero-order valence-electron chi connectivity index (χ0n) is 16.3. The van der Waals surface area contributed by atoms with Crippen LogP contribution in [0.1, 0.15) is 99.0 Å². The van der Waals surface area contributed by atoms with E-state index in [1.807, 2.05) is 6.07 Å². The van der Waals surface area contributed by atoms with Crippen LogP contribution in [-0.4, -0.2) is 16.9 Å². The average molecular weight is 357 g/mol. The van der Waals surface area contributed by atoms with Crippen LogP contribution in [0.15, 0.2) is 18.2 Å². The lowest BCUT2D eigenvalue weighted by Gasteiger charge is -2.38. The van der Waals surface area contributed by atoms with Crippen molar-refractivity contribution in [3.63, 3.8) is 0 Å². The summed E-state index contributed by atoms with van der Waals surface area (Å²) in [7, 11) is 0. The highest BCUT2D eigenvalue weighted by atomic mass is 16.4. The van der Waals surface area contributed by atoms with E-state index in [0.29, 0.717) is 35.5 Å². The van der Waals surface area contributed by atoms with Crippen molar-refractivity contribution >= 4 is 11.8 Å². The van der Waals surface area contributed by atoms with E-state index in [-0.39, 0.29) is 11.8 Å². The fourth-order valence-electron chi connectivity index (χ4n) is 5.19. The number of benzene rings is 1. The Labute approximate surface area is 157 Å². The highest BCUT2D eigenvalue weighted by Gasteiger charge is 2.35. The molecule has 2 fully saturated rings. The number of carboxylic acids is 1. The Balaban J connectivity index is 2.03. The quantitative estimate of drug-likeness (QED) is 0.743. The van der Waals surface area contributed by atoms with E-state index in [2.05, 4.69) is 26.8 Å². The van der Waals surface area contributed by atoms with Gasteiger partial charge in [-0.25, -0.2) is 4.79 Å². The van der Waals surface area contributed by atoms with Crippen molar-refractivity contribution in [3.8, 4) is 0 Å². The molecule has 1 aromatic rings. The Hall–Kier alpha value is -1.64. The van der Waals surface area contributed by atoms with Crippen molar-refractivity contribution in [1.29, 1.82) is 0 Å². The number of carboxylic acid groups (broad SMARTS) is 1. The van der Waals surface area contributed by atoms with E-state index in [4.69, 9.17) is 0 Å². The average Bonchev–Trinajstić information content (AvgIpc) is 2.61. The summed E-state index contributed by atoms with van der Waals surface area (Å²) in [4.78, 5) is 24.3. The molecule has 1 aromatic carbocycles. The van der Waals surface area contributed by atoms with Crippen LogP contribution in [0.5, 0.6) is 0 Å². The molecule has 3 rings (SSSR count). The molecule has 2 aliphatic rings. The van der Waals surface area contributed by atoms with Crippen LogP contribution in [0.4, 0.5) is 0 Å². The molecule has 1 N–H and O–H groups in total. The summed E-state index contributed by atoms with van der Waals surface area (Å²) in [6, 6.07) is 5.72. The molecule has 142 valence electrons. The van der Waals surface area contributed by atoms with Crippen LogP contribution in [0.2, 0.25) is 0 Å². The summed E-state index contributed by atoms with van der Waals surface area (Å²) in [6.45, 7) is 6.78. The SMILES string of the molecule is CC(C)[C@H]1CC[C@H](C)C[C@@H]1c1cc(C2CCCCC2=O)ccc1C(=O)O. The molecule has 0 spiro atoms. The molecule has 1 unspecified atom stereocenters. The Morgan fingerprint density at radius 2 is 1.92 bits per heavy atom. The third-order valence-corrected chi connectivity index (χ3v) is 6.68. The van der Waals surface area contributed by atoms with Crippen LogP contribution < -0.4 is 0 Å². The minimum Gasteiger partial charge on any atom is -0.478 e. The lowest BCUT2D eigenvalue weighted by atomic mass is 9.66.